The van der Waals surface area contributed by atoms with Gasteiger partial charge < -0.3 is 10.1 Å². The molecular formula is C40H40FN5O3S. The molecule has 3 aliphatic rings. The summed E-state index contributed by atoms with van der Waals surface area (Å²) < 4.78 is 50.1. The van der Waals surface area contributed by atoms with Gasteiger partial charge >= 0.3 is 6.03 Å². The Hall–Kier alpha value is -4.96. The van der Waals surface area contributed by atoms with Crippen LogP contribution in [-0.2, 0) is 47.7 Å². The van der Waals surface area contributed by atoms with Crippen LogP contribution in [0.1, 0.15) is 65.6 Å². The minimum Gasteiger partial charge on any atom is -0.469 e. The number of aryl methyl sites for hydroxylation is 1. The molecule has 0 saturated heterocycles. The van der Waals surface area contributed by atoms with Crippen molar-refractivity contribution in [1.29, 1.82) is 4.78 Å². The number of ether oxygens (including phenoxy) is 1. The summed E-state index contributed by atoms with van der Waals surface area (Å²) in [4.78, 5) is 15.6. The summed E-state index contributed by atoms with van der Waals surface area (Å²) >= 11 is 0. The first-order valence-electron chi connectivity index (χ1n) is 17.3. The number of anilines is 1. The lowest BCUT2D eigenvalue weighted by atomic mass is 9.77. The Morgan fingerprint density at radius 2 is 1.58 bits per heavy atom. The topological polar surface area (TPSA) is 100 Å². The zero-order valence-corrected chi connectivity index (χ0v) is 29.0. The summed E-state index contributed by atoms with van der Waals surface area (Å²) in [6.07, 6.45) is 4.03. The molecule has 2 unspecified atom stereocenters. The molecular weight excluding hydrogens is 650 g/mol. The van der Waals surface area contributed by atoms with Gasteiger partial charge in [-0.1, -0.05) is 104 Å². The smallest absolute Gasteiger partial charge is 0.336 e. The predicted molar refractivity (Wildman–Crippen MR) is 192 cm³/mol. The molecule has 2 aliphatic carbocycles. The van der Waals surface area contributed by atoms with Crippen molar-refractivity contribution in [2.45, 2.75) is 81.1 Å². The van der Waals surface area contributed by atoms with Gasteiger partial charge in [0.2, 0.25) is 5.88 Å². The van der Waals surface area contributed by atoms with E-state index in [1.165, 1.54) is 10.5 Å². The lowest BCUT2D eigenvalue weighted by Crippen LogP contribution is -2.55. The molecule has 2 heterocycles. The second-order valence-electron chi connectivity index (χ2n) is 13.8. The Balaban J connectivity index is 1.41. The number of hydrogen-bond acceptors (Lipinski definition) is 5. The fraction of sp³-hybridized carbons (Fsp3) is 0.300. The van der Waals surface area contributed by atoms with Crippen molar-refractivity contribution in [2.75, 3.05) is 5.32 Å². The fourth-order valence-electron chi connectivity index (χ4n) is 8.09. The zero-order valence-electron chi connectivity index (χ0n) is 28.2. The van der Waals surface area contributed by atoms with Crippen LogP contribution in [0.25, 0.3) is 0 Å². The Kier molecular flexibility index (Phi) is 7.82. The fourth-order valence-corrected chi connectivity index (χ4v) is 9.84. The van der Waals surface area contributed by atoms with Crippen LogP contribution in [0.3, 0.4) is 0 Å². The first-order chi connectivity index (χ1) is 24.2. The van der Waals surface area contributed by atoms with Crippen LogP contribution in [-0.4, -0.2) is 36.1 Å². The first-order valence-corrected chi connectivity index (χ1v) is 18.8. The van der Waals surface area contributed by atoms with E-state index in [1.54, 1.807) is 4.68 Å². The van der Waals surface area contributed by atoms with Gasteiger partial charge in [0.05, 0.1) is 12.7 Å². The second-order valence-corrected chi connectivity index (χ2v) is 15.7. The van der Waals surface area contributed by atoms with Gasteiger partial charge in [0.1, 0.15) is 22.2 Å². The number of alkyl halides is 1. The largest absolute Gasteiger partial charge is 0.469 e. The lowest BCUT2D eigenvalue weighted by molar-refractivity contribution is 0.105. The molecule has 1 aliphatic heterocycles. The van der Waals surface area contributed by atoms with E-state index in [1.807, 2.05) is 105 Å². The van der Waals surface area contributed by atoms with Crippen molar-refractivity contribution in [2.24, 2.45) is 0 Å². The van der Waals surface area contributed by atoms with Crippen LogP contribution in [0.2, 0.25) is 0 Å². The number of benzene rings is 4. The number of urea groups is 1. The molecule has 4 aromatic carbocycles. The number of halogens is 1. The molecule has 0 saturated carbocycles. The standard InChI is InChI=1S/C40H40FN5O3S/c1-3-39(2)26-45-37(49-39)35(25-43-45)50(42,48)46(38(47)44-36-33-21-13-14-27(33)22-28-23-32(41)24-34(28)36)40(29-15-7-4-8-16-29,30-17-9-5-10-18-30)31-19-11-6-12-20-31/h4-12,15-20,22,25,32,42H,3,13-14,21,23-24,26H2,1-2H3,(H,44,47)/t32-,39?,50?/m1/s1. The number of carbonyl (C=O) groups is 1. The van der Waals surface area contributed by atoms with Crippen molar-refractivity contribution < 1.29 is 18.1 Å². The molecule has 50 heavy (non-hydrogen) atoms. The van der Waals surface area contributed by atoms with E-state index in [9.17, 15) is 4.78 Å². The van der Waals surface area contributed by atoms with Crippen molar-refractivity contribution >= 4 is 21.6 Å². The number of fused-ring (bicyclic) bond motifs is 3. The molecule has 10 heteroatoms. The molecule has 256 valence electrons. The third kappa shape index (κ3) is 5.02. The van der Waals surface area contributed by atoms with Gasteiger partial charge in [-0.25, -0.2) is 27.2 Å². The average molecular weight is 690 g/mol. The van der Waals surface area contributed by atoms with E-state index in [2.05, 4.69) is 16.5 Å². The normalized spacial score (nSPS) is 20.3. The highest BCUT2D eigenvalue weighted by Crippen LogP contribution is 2.49. The molecule has 2 N–H and O–H groups in total. The van der Waals surface area contributed by atoms with Crippen LogP contribution in [0.4, 0.5) is 14.9 Å². The van der Waals surface area contributed by atoms with Crippen molar-refractivity contribution in [3.8, 4) is 5.88 Å². The monoisotopic (exact) mass is 689 g/mol. The van der Waals surface area contributed by atoms with E-state index in [0.29, 0.717) is 41.8 Å². The molecule has 5 aromatic rings. The van der Waals surface area contributed by atoms with Gasteiger partial charge in [0.25, 0.3) is 0 Å². The van der Waals surface area contributed by atoms with Crippen molar-refractivity contribution in [3.05, 3.63) is 142 Å². The van der Waals surface area contributed by atoms with Crippen LogP contribution in [0.15, 0.2) is 108 Å². The number of nitrogens with one attached hydrogen (secondary N) is 2. The average Bonchev–Trinajstić information content (AvgIpc) is 3.91. The maximum atomic E-state index is 15.9. The number of hydrogen-bond donors (Lipinski definition) is 2. The third-order valence-electron chi connectivity index (χ3n) is 10.7. The zero-order chi connectivity index (χ0) is 34.7. The van der Waals surface area contributed by atoms with Crippen LogP contribution >= 0.6 is 0 Å². The van der Waals surface area contributed by atoms with Crippen molar-refractivity contribution in [1.82, 2.24) is 14.1 Å². The van der Waals surface area contributed by atoms with E-state index >= 15 is 13.4 Å². The van der Waals surface area contributed by atoms with Gasteiger partial charge in [-0.15, -0.1) is 0 Å². The summed E-state index contributed by atoms with van der Waals surface area (Å²) in [5.74, 6) is 0.219. The number of nitrogens with zero attached hydrogens (tertiary/aromatic N) is 3. The highest BCUT2D eigenvalue weighted by atomic mass is 32.2. The van der Waals surface area contributed by atoms with Crippen molar-refractivity contribution in [3.63, 3.8) is 0 Å². The Bertz CT molecular complexity index is 2090. The summed E-state index contributed by atoms with van der Waals surface area (Å²) in [5.41, 5.74) is 4.10. The molecule has 0 radical (unpaired) electrons. The Morgan fingerprint density at radius 1 is 0.980 bits per heavy atom. The molecule has 1 aromatic heterocycles. The third-order valence-corrected chi connectivity index (χ3v) is 12.5. The second kappa shape index (κ2) is 12.1. The van der Waals surface area contributed by atoms with E-state index in [-0.39, 0.29) is 17.2 Å². The molecule has 0 bridgehead atoms. The van der Waals surface area contributed by atoms with E-state index in [4.69, 9.17) is 4.74 Å². The molecule has 0 spiro atoms. The maximum Gasteiger partial charge on any atom is 0.336 e. The minimum atomic E-state index is -4.26. The van der Waals surface area contributed by atoms with Gasteiger partial charge in [0, 0.05) is 18.5 Å². The molecule has 8 nitrogen and oxygen atoms in total. The molecule has 3 atom stereocenters. The SMILES string of the molecule is CCC1(C)Cn2ncc(S(=N)(=O)N(C(=O)Nc3c4c(cc5c3C[C@H](F)C5)CCC4)C(c3ccccc3)(c3ccccc3)c3ccccc3)c2O1. The Labute approximate surface area is 292 Å². The molecule has 0 fully saturated rings. The maximum absolute atomic E-state index is 15.9. The summed E-state index contributed by atoms with van der Waals surface area (Å²) in [6.45, 7) is 4.39. The predicted octanol–water partition coefficient (Wildman–Crippen LogP) is 8.22. The highest BCUT2D eigenvalue weighted by Gasteiger charge is 2.52. The number of amides is 2. The van der Waals surface area contributed by atoms with Gasteiger partial charge in [-0.05, 0) is 71.6 Å². The van der Waals surface area contributed by atoms with E-state index in [0.717, 1.165) is 41.5 Å². The number of aromatic nitrogens is 2. The first kappa shape index (κ1) is 32.3. The number of carbonyl (C=O) groups excluding carboxylic acids is 1. The van der Waals surface area contributed by atoms with Gasteiger partial charge in [-0.2, -0.15) is 5.10 Å². The van der Waals surface area contributed by atoms with Crippen LogP contribution in [0.5, 0.6) is 5.88 Å². The van der Waals surface area contributed by atoms with Gasteiger partial charge in [0.15, 0.2) is 9.92 Å². The molecule has 8 rings (SSSR count). The molecule has 2 amide bonds. The number of rotatable bonds is 8. The quantitative estimate of drug-likeness (QED) is 0.160. The lowest BCUT2D eigenvalue weighted by Gasteiger charge is -2.45. The summed E-state index contributed by atoms with van der Waals surface area (Å²) in [6, 6.07) is 29.7. The van der Waals surface area contributed by atoms with E-state index < -0.39 is 33.3 Å². The van der Waals surface area contributed by atoms with Gasteiger partial charge in [-0.3, -0.25) is 0 Å². The Morgan fingerprint density at radius 3 is 2.16 bits per heavy atom. The summed E-state index contributed by atoms with van der Waals surface area (Å²) in [7, 11) is -4.26. The minimum absolute atomic E-state index is 0.0179. The summed E-state index contributed by atoms with van der Waals surface area (Å²) in [5, 5.41) is 7.72. The van der Waals surface area contributed by atoms with Crippen LogP contribution < -0.4 is 10.1 Å². The highest BCUT2D eigenvalue weighted by molar-refractivity contribution is 7.90. The van der Waals surface area contributed by atoms with Crippen LogP contribution in [0, 0.1) is 4.78 Å².